The fourth-order valence-electron chi connectivity index (χ4n) is 2.33. The van der Waals surface area contributed by atoms with Gasteiger partial charge in [-0.15, -0.1) is 0 Å². The smallest absolute Gasteiger partial charge is 0.0945 e. The van der Waals surface area contributed by atoms with Gasteiger partial charge in [0.2, 0.25) is 0 Å². The lowest BCUT2D eigenvalue weighted by molar-refractivity contribution is 0.0895. The van der Waals surface area contributed by atoms with Crippen LogP contribution in [0.5, 0.6) is 0 Å². The van der Waals surface area contributed by atoms with E-state index in [4.69, 9.17) is 0 Å². The lowest BCUT2D eigenvalue weighted by Crippen LogP contribution is -2.50. The number of aliphatic hydroxyl groups excluding tert-OH is 2. The first-order valence-electron chi connectivity index (χ1n) is 6.94. The van der Waals surface area contributed by atoms with Gasteiger partial charge in [0, 0.05) is 11.6 Å². The minimum Gasteiger partial charge on any atom is -0.394 e. The summed E-state index contributed by atoms with van der Waals surface area (Å²) in [5, 5.41) is 23.2. The zero-order chi connectivity index (χ0) is 14.6. The summed E-state index contributed by atoms with van der Waals surface area (Å²) in [5.41, 5.74) is 2.87. The Kier molecular flexibility index (Phi) is 5.53. The van der Waals surface area contributed by atoms with Crippen LogP contribution in [0.3, 0.4) is 0 Å². The van der Waals surface area contributed by atoms with Gasteiger partial charge in [0.1, 0.15) is 0 Å². The van der Waals surface area contributed by atoms with Crippen LogP contribution in [0, 0.1) is 13.8 Å². The van der Waals surface area contributed by atoms with Gasteiger partial charge in [0.25, 0.3) is 0 Å². The maximum absolute atomic E-state index is 10.6. The first-order chi connectivity index (χ1) is 8.80. The fraction of sp³-hybridized carbons (Fsp3) is 0.625. The molecule has 0 aliphatic rings. The van der Waals surface area contributed by atoms with Crippen LogP contribution in [0.25, 0.3) is 0 Å². The second kappa shape index (κ2) is 6.51. The van der Waals surface area contributed by atoms with Crippen molar-refractivity contribution in [3.05, 3.63) is 34.9 Å². The molecule has 0 fully saturated rings. The van der Waals surface area contributed by atoms with Gasteiger partial charge < -0.3 is 15.5 Å². The van der Waals surface area contributed by atoms with Gasteiger partial charge in [-0.3, -0.25) is 0 Å². The summed E-state index contributed by atoms with van der Waals surface area (Å²) in [4.78, 5) is 0. The molecule has 1 rings (SSSR count). The third kappa shape index (κ3) is 4.30. The Balaban J connectivity index is 2.92. The summed E-state index contributed by atoms with van der Waals surface area (Å²) in [7, 11) is 0. The molecule has 0 spiro atoms. The molecule has 0 saturated heterocycles. The van der Waals surface area contributed by atoms with E-state index in [1.807, 2.05) is 46.8 Å². The van der Waals surface area contributed by atoms with Crippen molar-refractivity contribution in [2.75, 3.05) is 6.61 Å². The molecule has 0 aliphatic heterocycles. The summed E-state index contributed by atoms with van der Waals surface area (Å²) in [6, 6.07) is 6.03. The van der Waals surface area contributed by atoms with Crippen molar-refractivity contribution >= 4 is 0 Å². The average Bonchev–Trinajstić information content (AvgIpc) is 2.35. The third-order valence-corrected chi connectivity index (χ3v) is 3.54. The Morgan fingerprint density at radius 3 is 2.37 bits per heavy atom. The van der Waals surface area contributed by atoms with E-state index in [0.717, 1.165) is 17.5 Å². The second-order valence-corrected chi connectivity index (χ2v) is 6.01. The van der Waals surface area contributed by atoms with Gasteiger partial charge in [-0.2, -0.15) is 0 Å². The molecule has 0 heterocycles. The lowest BCUT2D eigenvalue weighted by Gasteiger charge is -2.33. The molecule has 19 heavy (non-hydrogen) atoms. The Hall–Kier alpha value is -0.900. The summed E-state index contributed by atoms with van der Waals surface area (Å²) >= 11 is 0. The van der Waals surface area contributed by atoms with Gasteiger partial charge >= 0.3 is 0 Å². The number of aryl methyl sites for hydroxylation is 2. The van der Waals surface area contributed by atoms with Crippen LogP contribution >= 0.6 is 0 Å². The molecule has 3 N–H and O–H groups in total. The van der Waals surface area contributed by atoms with Crippen LogP contribution in [0.1, 0.15) is 50.0 Å². The van der Waals surface area contributed by atoms with Crippen molar-refractivity contribution in [2.24, 2.45) is 0 Å². The quantitative estimate of drug-likeness (QED) is 0.740. The molecule has 0 amide bonds. The molecule has 2 unspecified atom stereocenters. The van der Waals surface area contributed by atoms with E-state index in [9.17, 15) is 10.2 Å². The van der Waals surface area contributed by atoms with Crippen molar-refractivity contribution < 1.29 is 10.2 Å². The summed E-state index contributed by atoms with van der Waals surface area (Å²) in [5.74, 6) is 0. The lowest BCUT2D eigenvalue weighted by atomic mass is 9.93. The highest BCUT2D eigenvalue weighted by molar-refractivity contribution is 5.32. The Morgan fingerprint density at radius 1 is 1.26 bits per heavy atom. The highest BCUT2D eigenvalue weighted by Gasteiger charge is 2.26. The molecule has 3 nitrogen and oxygen atoms in total. The Bertz CT molecular complexity index is 415. The topological polar surface area (TPSA) is 52.5 Å². The van der Waals surface area contributed by atoms with Crippen LogP contribution in [0.2, 0.25) is 0 Å². The molecule has 0 radical (unpaired) electrons. The maximum Gasteiger partial charge on any atom is 0.0945 e. The van der Waals surface area contributed by atoms with Gasteiger partial charge in [0.05, 0.1) is 12.7 Å². The molecule has 0 bridgehead atoms. The first-order valence-corrected chi connectivity index (χ1v) is 6.94. The predicted molar refractivity (Wildman–Crippen MR) is 79.3 cm³/mol. The van der Waals surface area contributed by atoms with E-state index in [1.165, 1.54) is 5.56 Å². The largest absolute Gasteiger partial charge is 0.394 e. The van der Waals surface area contributed by atoms with Gasteiger partial charge in [-0.05, 0) is 45.2 Å². The molecular weight excluding hydrogens is 238 g/mol. The third-order valence-electron chi connectivity index (χ3n) is 3.54. The van der Waals surface area contributed by atoms with Gasteiger partial charge in [0.15, 0.2) is 0 Å². The van der Waals surface area contributed by atoms with E-state index in [1.54, 1.807) is 0 Å². The van der Waals surface area contributed by atoms with E-state index in [0.29, 0.717) is 0 Å². The highest BCUT2D eigenvalue weighted by atomic mass is 16.3. The first kappa shape index (κ1) is 16.2. The number of aliphatic hydroxyl groups is 2. The SMILES string of the molecule is CCC(NC(C)(C)CO)C(O)c1ccc(C)cc1C. The zero-order valence-corrected chi connectivity index (χ0v) is 12.7. The monoisotopic (exact) mass is 265 g/mol. The molecule has 0 aliphatic carbocycles. The minimum atomic E-state index is -0.559. The van der Waals surface area contributed by atoms with Crippen LogP contribution in [0.4, 0.5) is 0 Å². The zero-order valence-electron chi connectivity index (χ0n) is 12.7. The number of benzene rings is 1. The average molecular weight is 265 g/mol. The second-order valence-electron chi connectivity index (χ2n) is 6.01. The maximum atomic E-state index is 10.6. The number of rotatable bonds is 6. The Morgan fingerprint density at radius 2 is 1.89 bits per heavy atom. The van der Waals surface area contributed by atoms with Gasteiger partial charge in [-0.1, -0.05) is 30.7 Å². The van der Waals surface area contributed by atoms with Crippen LogP contribution in [-0.2, 0) is 0 Å². The minimum absolute atomic E-state index is 0.0447. The summed E-state index contributed by atoms with van der Waals surface area (Å²) < 4.78 is 0. The van der Waals surface area contributed by atoms with Crippen molar-refractivity contribution in [1.29, 1.82) is 0 Å². The summed E-state index contributed by atoms with van der Waals surface area (Å²) in [6.07, 6.45) is 0.245. The standard InChI is InChI=1S/C16H27NO2/c1-6-14(17-16(4,5)10-18)15(19)13-8-7-11(2)9-12(13)3/h7-9,14-15,17-19H,6,10H2,1-5H3. The van der Waals surface area contributed by atoms with Gasteiger partial charge in [-0.25, -0.2) is 0 Å². The van der Waals surface area contributed by atoms with E-state index < -0.39 is 6.10 Å². The molecular formula is C16H27NO2. The highest BCUT2D eigenvalue weighted by Crippen LogP contribution is 2.24. The molecule has 3 heteroatoms. The molecule has 1 aromatic carbocycles. The van der Waals surface area contributed by atoms with Crippen LogP contribution < -0.4 is 5.32 Å². The number of hydrogen-bond acceptors (Lipinski definition) is 3. The molecule has 1 aromatic rings. The van der Waals surface area contributed by atoms with E-state index >= 15 is 0 Å². The summed E-state index contributed by atoms with van der Waals surface area (Å²) in [6.45, 7) is 10.0. The molecule has 0 aromatic heterocycles. The van der Waals surface area contributed by atoms with Crippen molar-refractivity contribution in [1.82, 2.24) is 5.32 Å². The van der Waals surface area contributed by atoms with Crippen molar-refractivity contribution in [3.63, 3.8) is 0 Å². The van der Waals surface area contributed by atoms with Crippen molar-refractivity contribution in [3.8, 4) is 0 Å². The molecule has 2 atom stereocenters. The Labute approximate surface area is 116 Å². The molecule has 108 valence electrons. The van der Waals surface area contributed by atoms with E-state index in [2.05, 4.69) is 11.4 Å². The predicted octanol–water partition coefficient (Wildman–Crippen LogP) is 2.48. The fourth-order valence-corrected chi connectivity index (χ4v) is 2.33. The number of hydrogen-bond donors (Lipinski definition) is 3. The van der Waals surface area contributed by atoms with Crippen LogP contribution in [0.15, 0.2) is 18.2 Å². The number of nitrogens with one attached hydrogen (secondary N) is 1. The normalized spacial score (nSPS) is 15.3. The molecule has 0 saturated carbocycles. The van der Waals surface area contributed by atoms with Crippen molar-refractivity contribution in [2.45, 2.75) is 58.7 Å². The van der Waals surface area contributed by atoms with E-state index in [-0.39, 0.29) is 18.2 Å². The van der Waals surface area contributed by atoms with Crippen LogP contribution in [-0.4, -0.2) is 28.4 Å².